The van der Waals surface area contributed by atoms with Gasteiger partial charge in [-0.25, -0.2) is 0 Å². The molecule has 0 saturated carbocycles. The van der Waals surface area contributed by atoms with E-state index in [2.05, 4.69) is 0 Å². The summed E-state index contributed by atoms with van der Waals surface area (Å²) in [5, 5.41) is 9.37. The Balaban J connectivity index is 2.31. The molecule has 0 aliphatic carbocycles. The molecule has 0 amide bonds. The molecular weight excluding hydrogens is 302 g/mol. The van der Waals surface area contributed by atoms with Gasteiger partial charge in [0.1, 0.15) is 6.29 Å². The fraction of sp³-hybridized carbons (Fsp3) is 0.250. The van der Waals surface area contributed by atoms with Crippen LogP contribution in [0.15, 0.2) is 60.7 Å². The zero-order chi connectivity index (χ0) is 17.4. The number of hydrogen-bond donors (Lipinski definition) is 0. The number of carbonyl (C=O) groups excluding carboxylic acids is 2. The molecule has 0 bridgehead atoms. The number of aldehydes is 1. The number of ether oxygens (including phenoxy) is 1. The van der Waals surface area contributed by atoms with Crippen LogP contribution in [0.2, 0.25) is 0 Å². The predicted octanol–water partition coefficient (Wildman–Crippen LogP) is 3.83. The lowest BCUT2D eigenvalue weighted by Crippen LogP contribution is -2.30. The standard InChI is InChI=1S/C20H19NO3/c1-20(15-21,13-8-14-22)19(23)24-18(16-9-4-2-5-10-16)17-11-6-3-7-12-17/h2-7,9-12,14,18H,8,13H2,1H3/t20-/m1/s1. The first-order chi connectivity index (χ1) is 11.6. The molecule has 0 radical (unpaired) electrons. The quantitative estimate of drug-likeness (QED) is 0.574. The Kier molecular flexibility index (Phi) is 5.86. The van der Waals surface area contributed by atoms with Crippen LogP contribution in [0, 0.1) is 16.7 Å². The van der Waals surface area contributed by atoms with Gasteiger partial charge in [-0.3, -0.25) is 4.79 Å². The maximum atomic E-state index is 12.6. The monoisotopic (exact) mass is 321 g/mol. The molecule has 0 heterocycles. The molecule has 0 aliphatic heterocycles. The van der Waals surface area contributed by atoms with E-state index >= 15 is 0 Å². The first kappa shape index (κ1) is 17.4. The second-order valence-electron chi connectivity index (χ2n) is 5.76. The van der Waals surface area contributed by atoms with Crippen molar-refractivity contribution in [2.75, 3.05) is 0 Å². The smallest absolute Gasteiger partial charge is 0.327 e. The molecule has 0 N–H and O–H groups in total. The van der Waals surface area contributed by atoms with Crippen LogP contribution in [-0.4, -0.2) is 12.3 Å². The van der Waals surface area contributed by atoms with Gasteiger partial charge in [0.2, 0.25) is 0 Å². The van der Waals surface area contributed by atoms with Gasteiger partial charge in [0.05, 0.1) is 6.07 Å². The van der Waals surface area contributed by atoms with E-state index in [4.69, 9.17) is 4.74 Å². The van der Waals surface area contributed by atoms with Crippen LogP contribution >= 0.6 is 0 Å². The summed E-state index contributed by atoms with van der Waals surface area (Å²) >= 11 is 0. The molecule has 2 aromatic carbocycles. The number of benzene rings is 2. The third-order valence-electron chi connectivity index (χ3n) is 3.89. The van der Waals surface area contributed by atoms with Crippen molar-refractivity contribution in [3.05, 3.63) is 71.8 Å². The molecule has 0 aromatic heterocycles. The van der Waals surface area contributed by atoms with Gasteiger partial charge >= 0.3 is 5.97 Å². The minimum atomic E-state index is -1.34. The number of esters is 1. The van der Waals surface area contributed by atoms with Gasteiger partial charge in [-0.2, -0.15) is 5.26 Å². The number of nitrogens with zero attached hydrogens (tertiary/aromatic N) is 1. The van der Waals surface area contributed by atoms with Crippen LogP contribution in [0.4, 0.5) is 0 Å². The van der Waals surface area contributed by atoms with Crippen molar-refractivity contribution in [3.63, 3.8) is 0 Å². The van der Waals surface area contributed by atoms with E-state index in [9.17, 15) is 14.9 Å². The van der Waals surface area contributed by atoms with E-state index in [1.54, 1.807) is 0 Å². The lowest BCUT2D eigenvalue weighted by Gasteiger charge is -2.24. The second-order valence-corrected chi connectivity index (χ2v) is 5.76. The summed E-state index contributed by atoms with van der Waals surface area (Å²) in [6, 6.07) is 20.7. The molecule has 0 spiro atoms. The van der Waals surface area contributed by atoms with Crippen molar-refractivity contribution in [3.8, 4) is 6.07 Å². The van der Waals surface area contributed by atoms with Crippen LogP contribution in [0.5, 0.6) is 0 Å². The number of rotatable bonds is 7. The van der Waals surface area contributed by atoms with Gasteiger partial charge in [-0.05, 0) is 24.5 Å². The largest absolute Gasteiger partial charge is 0.451 e. The summed E-state index contributed by atoms with van der Waals surface area (Å²) < 4.78 is 5.70. The lowest BCUT2D eigenvalue weighted by atomic mass is 9.87. The van der Waals surface area contributed by atoms with Crippen molar-refractivity contribution in [1.29, 1.82) is 5.26 Å². The molecule has 0 unspecified atom stereocenters. The molecule has 4 heteroatoms. The molecule has 0 aliphatic rings. The average Bonchev–Trinajstić information content (AvgIpc) is 2.65. The van der Waals surface area contributed by atoms with Crippen LogP contribution in [0.25, 0.3) is 0 Å². The topological polar surface area (TPSA) is 67.2 Å². The fourth-order valence-electron chi connectivity index (χ4n) is 2.37. The number of hydrogen-bond acceptors (Lipinski definition) is 4. The highest BCUT2D eigenvalue weighted by atomic mass is 16.5. The Morgan fingerprint density at radius 2 is 1.62 bits per heavy atom. The Bertz CT molecular complexity index is 682. The summed E-state index contributed by atoms with van der Waals surface area (Å²) in [7, 11) is 0. The van der Waals surface area contributed by atoms with Crippen molar-refractivity contribution in [2.24, 2.45) is 5.41 Å². The van der Waals surface area contributed by atoms with E-state index in [1.165, 1.54) is 6.92 Å². The first-order valence-electron chi connectivity index (χ1n) is 7.76. The lowest BCUT2D eigenvalue weighted by molar-refractivity contribution is -0.156. The minimum absolute atomic E-state index is 0.139. The van der Waals surface area contributed by atoms with Gasteiger partial charge < -0.3 is 9.53 Å². The third kappa shape index (κ3) is 4.08. The highest BCUT2D eigenvalue weighted by Gasteiger charge is 2.36. The van der Waals surface area contributed by atoms with E-state index in [-0.39, 0.29) is 12.8 Å². The van der Waals surface area contributed by atoms with Gasteiger partial charge in [0, 0.05) is 6.42 Å². The second kappa shape index (κ2) is 8.07. The van der Waals surface area contributed by atoms with Gasteiger partial charge in [0.25, 0.3) is 0 Å². The SMILES string of the molecule is C[C@](C#N)(CCC=O)C(=O)OC(c1ccccc1)c1ccccc1. The molecule has 24 heavy (non-hydrogen) atoms. The van der Waals surface area contributed by atoms with Crippen LogP contribution in [0.1, 0.15) is 37.0 Å². The highest BCUT2D eigenvalue weighted by molar-refractivity contribution is 5.80. The normalized spacial score (nSPS) is 12.9. The van der Waals surface area contributed by atoms with Gasteiger partial charge in [-0.15, -0.1) is 0 Å². The predicted molar refractivity (Wildman–Crippen MR) is 89.8 cm³/mol. The summed E-state index contributed by atoms with van der Waals surface area (Å²) in [6.45, 7) is 1.51. The molecule has 2 aromatic rings. The number of carbonyl (C=O) groups is 2. The zero-order valence-corrected chi connectivity index (χ0v) is 13.5. The average molecular weight is 321 g/mol. The van der Waals surface area contributed by atoms with E-state index < -0.39 is 17.5 Å². The van der Waals surface area contributed by atoms with E-state index in [1.807, 2.05) is 66.7 Å². The van der Waals surface area contributed by atoms with Gasteiger partial charge in [-0.1, -0.05) is 60.7 Å². The molecule has 0 fully saturated rings. The summed E-state index contributed by atoms with van der Waals surface area (Å²) in [6.07, 6.45) is 0.390. The molecular formula is C20H19NO3. The van der Waals surface area contributed by atoms with Crippen molar-refractivity contribution < 1.29 is 14.3 Å². The summed E-state index contributed by atoms with van der Waals surface area (Å²) in [5.41, 5.74) is 0.309. The van der Waals surface area contributed by atoms with Crippen molar-refractivity contribution >= 4 is 12.3 Å². The Hall–Kier alpha value is -2.93. The molecule has 4 nitrogen and oxygen atoms in total. The highest BCUT2D eigenvalue weighted by Crippen LogP contribution is 2.31. The molecule has 2 rings (SSSR count). The molecule has 122 valence electrons. The first-order valence-corrected chi connectivity index (χ1v) is 7.76. The van der Waals surface area contributed by atoms with Crippen LogP contribution in [0.3, 0.4) is 0 Å². The Labute approximate surface area is 141 Å². The molecule has 0 saturated heterocycles. The van der Waals surface area contributed by atoms with Crippen LogP contribution in [-0.2, 0) is 14.3 Å². The van der Waals surface area contributed by atoms with Crippen molar-refractivity contribution in [2.45, 2.75) is 25.9 Å². The van der Waals surface area contributed by atoms with Gasteiger partial charge in [0.15, 0.2) is 11.5 Å². The summed E-state index contributed by atoms with van der Waals surface area (Å²) in [4.78, 5) is 23.2. The molecule has 1 atom stereocenters. The Morgan fingerprint density at radius 3 is 2.04 bits per heavy atom. The maximum absolute atomic E-state index is 12.6. The number of nitriles is 1. The minimum Gasteiger partial charge on any atom is -0.451 e. The third-order valence-corrected chi connectivity index (χ3v) is 3.89. The fourth-order valence-corrected chi connectivity index (χ4v) is 2.37. The van der Waals surface area contributed by atoms with E-state index in [0.29, 0.717) is 6.29 Å². The summed E-state index contributed by atoms with van der Waals surface area (Å²) in [5.74, 6) is -0.621. The van der Waals surface area contributed by atoms with Crippen molar-refractivity contribution in [1.82, 2.24) is 0 Å². The zero-order valence-electron chi connectivity index (χ0n) is 13.5. The van der Waals surface area contributed by atoms with Crippen LogP contribution < -0.4 is 0 Å². The maximum Gasteiger partial charge on any atom is 0.327 e. The van der Waals surface area contributed by atoms with E-state index in [0.717, 1.165) is 11.1 Å². The Morgan fingerprint density at radius 1 is 1.12 bits per heavy atom.